The van der Waals surface area contributed by atoms with Gasteiger partial charge in [-0.25, -0.2) is 18.2 Å². The summed E-state index contributed by atoms with van der Waals surface area (Å²) in [6, 6.07) is 1.58. The van der Waals surface area contributed by atoms with Crippen molar-refractivity contribution in [1.82, 2.24) is 25.2 Å². The summed E-state index contributed by atoms with van der Waals surface area (Å²) < 4.78 is 83.5. The Morgan fingerprint density at radius 3 is 2.52 bits per heavy atom. The van der Waals surface area contributed by atoms with E-state index in [9.17, 15) is 40.8 Å². The molecule has 4 heterocycles. The molecule has 4 amide bonds. The Morgan fingerprint density at radius 2 is 1.84 bits per heavy atom. The Balaban J connectivity index is 1.25. The number of rotatable bonds is 6. The highest BCUT2D eigenvalue weighted by Gasteiger charge is 2.59. The Labute approximate surface area is 335 Å². The first-order chi connectivity index (χ1) is 27.2. The first-order valence-corrected chi connectivity index (χ1v) is 21.4. The Kier molecular flexibility index (Phi) is 10.9. The summed E-state index contributed by atoms with van der Waals surface area (Å²) in [6.45, 7) is 6.51. The number of carbonyl (C=O) groups is 4. The van der Waals surface area contributed by atoms with Gasteiger partial charge in [-0.05, 0) is 104 Å². The van der Waals surface area contributed by atoms with Crippen molar-refractivity contribution in [1.29, 1.82) is 0 Å². The highest BCUT2D eigenvalue weighted by atomic mass is 32.2. The number of amides is 4. The van der Waals surface area contributed by atoms with E-state index < -0.39 is 85.9 Å². The van der Waals surface area contributed by atoms with Gasteiger partial charge in [0.2, 0.25) is 21.8 Å². The van der Waals surface area contributed by atoms with Crippen LogP contribution in [0.25, 0.3) is 10.9 Å². The lowest BCUT2D eigenvalue weighted by atomic mass is 9.65. The topological polar surface area (TPSA) is 182 Å². The minimum atomic E-state index is -4.91. The van der Waals surface area contributed by atoms with Gasteiger partial charge in [0.1, 0.15) is 34.7 Å². The van der Waals surface area contributed by atoms with E-state index in [1.807, 2.05) is 12.2 Å². The van der Waals surface area contributed by atoms with Crippen LogP contribution in [0.2, 0.25) is 0 Å². The van der Waals surface area contributed by atoms with Gasteiger partial charge in [-0.15, -0.1) is 13.2 Å². The molecule has 0 bridgehead atoms. The number of nitrogens with zero attached hydrogens (tertiary/aromatic N) is 2. The van der Waals surface area contributed by atoms with E-state index in [1.165, 1.54) is 23.1 Å². The van der Waals surface area contributed by atoms with Gasteiger partial charge in [-0.2, -0.15) is 0 Å². The fraction of sp³-hybridized carbons (Fsp3) is 0.625. The van der Waals surface area contributed by atoms with Crippen LogP contribution in [0.15, 0.2) is 30.4 Å². The fourth-order valence-corrected chi connectivity index (χ4v) is 9.94. The minimum absolute atomic E-state index is 0.0452. The molecule has 5 aliphatic rings. The number of aryl methyl sites for hydroxylation is 2. The van der Waals surface area contributed by atoms with E-state index in [1.54, 1.807) is 27.7 Å². The molecule has 1 aromatic carbocycles. The number of ether oxygens (including phenoxy) is 3. The number of hydrogen-bond acceptors (Lipinski definition) is 10. The largest absolute Gasteiger partial charge is 0.573 e. The molecule has 3 fully saturated rings. The SMILES string of the molecule is Cc1nc2ccc(OC(F)(F)F)cc2c2c1OC1(CC2)CC2C(=O)NC3(C(=O)NS(=O)(=O)C4(C)CC4)CCC3C=CCCCCCC(NC(=O)OC(C)C)C(=O)N2C1. The lowest BCUT2D eigenvalue weighted by Gasteiger charge is -2.48. The molecule has 5 unspecified atom stereocenters. The van der Waals surface area contributed by atoms with Crippen molar-refractivity contribution in [3.8, 4) is 11.5 Å². The van der Waals surface area contributed by atoms with Gasteiger partial charge in [0.15, 0.2) is 0 Å². The molecule has 7 rings (SSSR count). The Hall–Kier alpha value is -4.61. The van der Waals surface area contributed by atoms with Crippen LogP contribution in [0.3, 0.4) is 0 Å². The second kappa shape index (κ2) is 15.2. The van der Waals surface area contributed by atoms with Gasteiger partial charge in [0, 0.05) is 23.3 Å². The number of allylic oxidation sites excluding steroid dienone is 1. The molecule has 14 nitrogen and oxygen atoms in total. The van der Waals surface area contributed by atoms with Crippen LogP contribution >= 0.6 is 0 Å². The molecule has 0 radical (unpaired) electrons. The third kappa shape index (κ3) is 8.17. The molecule has 2 saturated carbocycles. The van der Waals surface area contributed by atoms with Crippen molar-refractivity contribution < 1.29 is 55.0 Å². The molecular formula is C40H50F3N5O9S. The Bertz CT molecular complexity index is 2140. The van der Waals surface area contributed by atoms with Crippen molar-refractivity contribution in [3.63, 3.8) is 0 Å². The summed E-state index contributed by atoms with van der Waals surface area (Å²) in [6.07, 6.45) is 2.49. The summed E-state index contributed by atoms with van der Waals surface area (Å²) in [7, 11) is -4.06. The number of pyridine rings is 1. The van der Waals surface area contributed by atoms with E-state index in [0.29, 0.717) is 72.9 Å². The maximum atomic E-state index is 14.7. The molecule has 3 N–H and O–H groups in total. The minimum Gasteiger partial charge on any atom is -0.483 e. The molecule has 5 atom stereocenters. The van der Waals surface area contributed by atoms with Crippen molar-refractivity contribution >= 4 is 44.7 Å². The van der Waals surface area contributed by atoms with Gasteiger partial charge in [0.05, 0.1) is 28.6 Å². The monoisotopic (exact) mass is 833 g/mol. The van der Waals surface area contributed by atoms with Crippen LogP contribution in [0.5, 0.6) is 11.5 Å². The predicted octanol–water partition coefficient (Wildman–Crippen LogP) is 5.39. The van der Waals surface area contributed by atoms with Crippen molar-refractivity contribution in [2.24, 2.45) is 5.92 Å². The van der Waals surface area contributed by atoms with Crippen LogP contribution in [0, 0.1) is 12.8 Å². The molecule has 18 heteroatoms. The van der Waals surface area contributed by atoms with Crippen molar-refractivity contribution in [2.75, 3.05) is 6.54 Å². The third-order valence-electron chi connectivity index (χ3n) is 12.3. The number of sulfonamides is 1. The molecule has 1 saturated heterocycles. The average molecular weight is 834 g/mol. The highest BCUT2D eigenvalue weighted by molar-refractivity contribution is 7.91. The standard InChI is InChI=1S/C40H50F3N5O9S/c1-23(2)55-36(52)45-30-11-9-7-5-6-8-10-25-14-17-39(25,35(51)47-58(53,54)37(4)18-19-37)46-33(49)31-21-38(22-48(31)34(30)50)16-15-27-28-20-26(56-40(41,42)43)12-13-29(28)44-24(3)32(27)57-38/h8,10,12-13,20,23,25,30-31H,5-7,9,11,14-19,21-22H2,1-4H3,(H,45,52)(H,46,49)(H,47,51). The van der Waals surface area contributed by atoms with Gasteiger partial charge in [-0.1, -0.05) is 25.0 Å². The molecular weight excluding hydrogens is 784 g/mol. The fourth-order valence-electron chi connectivity index (χ4n) is 8.63. The molecule has 58 heavy (non-hydrogen) atoms. The first kappa shape index (κ1) is 41.5. The van der Waals surface area contributed by atoms with Crippen LogP contribution in [-0.2, 0) is 35.6 Å². The highest BCUT2D eigenvalue weighted by Crippen LogP contribution is 2.47. The maximum Gasteiger partial charge on any atom is 0.573 e. The number of alkyl carbamates (subject to hydrolysis) is 1. The zero-order chi connectivity index (χ0) is 41.8. The number of benzene rings is 1. The molecule has 1 spiro atoms. The summed E-state index contributed by atoms with van der Waals surface area (Å²) >= 11 is 0. The van der Waals surface area contributed by atoms with Gasteiger partial charge >= 0.3 is 12.5 Å². The molecule has 3 aliphatic heterocycles. The molecule has 1 aromatic heterocycles. The number of carbonyl (C=O) groups excluding carboxylic acids is 4. The number of aromatic nitrogens is 1. The predicted molar refractivity (Wildman–Crippen MR) is 204 cm³/mol. The van der Waals surface area contributed by atoms with E-state index in [4.69, 9.17) is 9.47 Å². The summed E-state index contributed by atoms with van der Waals surface area (Å²) in [5.41, 5.74) is -1.32. The zero-order valence-electron chi connectivity index (χ0n) is 33.0. The van der Waals surface area contributed by atoms with Crippen LogP contribution in [-0.4, -0.2) is 89.1 Å². The number of hydrogen-bond donors (Lipinski definition) is 3. The van der Waals surface area contributed by atoms with Crippen LogP contribution < -0.4 is 24.8 Å². The van der Waals surface area contributed by atoms with Gasteiger partial charge in [-0.3, -0.25) is 19.1 Å². The van der Waals surface area contributed by atoms with Crippen molar-refractivity contribution in [3.05, 3.63) is 41.6 Å². The second-order valence-corrected chi connectivity index (χ2v) is 19.1. The lowest BCUT2D eigenvalue weighted by molar-refractivity contribution is -0.274. The van der Waals surface area contributed by atoms with E-state index in [-0.39, 0.29) is 32.2 Å². The van der Waals surface area contributed by atoms with E-state index >= 15 is 0 Å². The maximum absolute atomic E-state index is 14.7. The Morgan fingerprint density at radius 1 is 1.09 bits per heavy atom. The number of alkyl halides is 3. The van der Waals surface area contributed by atoms with Gasteiger partial charge < -0.3 is 29.7 Å². The quantitative estimate of drug-likeness (QED) is 0.319. The lowest BCUT2D eigenvalue weighted by Crippen LogP contribution is -2.70. The summed E-state index contributed by atoms with van der Waals surface area (Å²) in [5, 5.41) is 6.03. The van der Waals surface area contributed by atoms with Crippen LogP contribution in [0.4, 0.5) is 18.0 Å². The number of fused-ring (bicyclic) bond motifs is 5. The molecule has 2 aromatic rings. The summed E-state index contributed by atoms with van der Waals surface area (Å²) in [5.74, 6) is -2.72. The smallest absolute Gasteiger partial charge is 0.483 e. The van der Waals surface area contributed by atoms with Crippen LogP contribution in [0.1, 0.15) is 103 Å². The van der Waals surface area contributed by atoms with E-state index in [2.05, 4.69) is 25.1 Å². The third-order valence-corrected chi connectivity index (χ3v) is 14.4. The van der Waals surface area contributed by atoms with Gasteiger partial charge in [0.25, 0.3) is 5.91 Å². The number of nitrogens with one attached hydrogen (secondary N) is 3. The average Bonchev–Trinajstić information content (AvgIpc) is 3.79. The normalized spacial score (nSPS) is 28.5. The number of halogens is 3. The molecule has 2 aliphatic carbocycles. The second-order valence-electron chi connectivity index (χ2n) is 16.9. The van der Waals surface area contributed by atoms with Crippen molar-refractivity contribution in [2.45, 2.75) is 145 Å². The molecule has 316 valence electrons. The zero-order valence-corrected chi connectivity index (χ0v) is 33.8. The first-order valence-electron chi connectivity index (χ1n) is 19.9. The summed E-state index contributed by atoms with van der Waals surface area (Å²) in [4.78, 5) is 62.5. The van der Waals surface area contributed by atoms with E-state index in [0.717, 1.165) is 6.42 Å².